The number of carbonyl (C=O) groups excluding carboxylic acids is 1. The average molecular weight is 229 g/mol. The van der Waals surface area contributed by atoms with Crippen molar-refractivity contribution in [2.45, 2.75) is 6.92 Å². The number of hydrogen-bond acceptors (Lipinski definition) is 3. The number of anilines is 1. The van der Waals surface area contributed by atoms with E-state index in [2.05, 4.69) is 6.07 Å². The zero-order valence-corrected chi connectivity index (χ0v) is 9.89. The van der Waals surface area contributed by atoms with Gasteiger partial charge in [-0.25, -0.2) is 0 Å². The van der Waals surface area contributed by atoms with Crippen molar-refractivity contribution < 1.29 is 4.79 Å². The third-order valence-electron chi connectivity index (χ3n) is 3.07. The smallest absolute Gasteiger partial charge is 0.242 e. The molecule has 17 heavy (non-hydrogen) atoms. The van der Waals surface area contributed by atoms with E-state index in [0.29, 0.717) is 12.1 Å². The first-order valence-electron chi connectivity index (χ1n) is 5.78. The largest absolute Gasteiger partial charge is 0.359 e. The first-order chi connectivity index (χ1) is 8.26. The lowest BCUT2D eigenvalue weighted by Gasteiger charge is -2.35. The fourth-order valence-corrected chi connectivity index (χ4v) is 2.09. The van der Waals surface area contributed by atoms with E-state index in [9.17, 15) is 4.79 Å². The average Bonchev–Trinajstić information content (AvgIpc) is 2.38. The summed E-state index contributed by atoms with van der Waals surface area (Å²) < 4.78 is 0. The third kappa shape index (κ3) is 2.23. The molecule has 0 unspecified atom stereocenters. The molecule has 0 aromatic heterocycles. The molecule has 4 heteroatoms. The Bertz CT molecular complexity index is 464. The summed E-state index contributed by atoms with van der Waals surface area (Å²) in [6, 6.07) is 9.58. The lowest BCUT2D eigenvalue weighted by atomic mass is 10.1. The SMILES string of the molecule is CCN1CCN(c2ccccc2C#N)CC1=O. The second-order valence-electron chi connectivity index (χ2n) is 4.02. The summed E-state index contributed by atoms with van der Waals surface area (Å²) in [7, 11) is 0. The topological polar surface area (TPSA) is 47.3 Å². The molecule has 0 N–H and O–H groups in total. The van der Waals surface area contributed by atoms with Gasteiger partial charge in [0.2, 0.25) is 5.91 Å². The molecular formula is C13H15N3O. The van der Waals surface area contributed by atoms with Crippen molar-refractivity contribution in [3.05, 3.63) is 29.8 Å². The van der Waals surface area contributed by atoms with Crippen LogP contribution in [0.3, 0.4) is 0 Å². The summed E-state index contributed by atoms with van der Waals surface area (Å²) >= 11 is 0. The number of para-hydroxylation sites is 1. The maximum atomic E-state index is 11.8. The minimum Gasteiger partial charge on any atom is -0.359 e. The van der Waals surface area contributed by atoms with E-state index >= 15 is 0 Å². The number of amides is 1. The van der Waals surface area contributed by atoms with Crippen LogP contribution in [-0.4, -0.2) is 37.0 Å². The van der Waals surface area contributed by atoms with Crippen molar-refractivity contribution >= 4 is 11.6 Å². The molecule has 1 aliphatic rings. The summed E-state index contributed by atoms with van der Waals surface area (Å²) in [5, 5.41) is 9.04. The molecule has 1 aliphatic heterocycles. The van der Waals surface area contributed by atoms with Crippen molar-refractivity contribution in [1.82, 2.24) is 4.90 Å². The van der Waals surface area contributed by atoms with Gasteiger partial charge in [0.1, 0.15) is 6.07 Å². The van der Waals surface area contributed by atoms with Gasteiger partial charge in [-0.2, -0.15) is 5.26 Å². The van der Waals surface area contributed by atoms with Crippen LogP contribution in [0.2, 0.25) is 0 Å². The van der Waals surface area contributed by atoms with Crippen molar-refractivity contribution in [3.63, 3.8) is 0 Å². The van der Waals surface area contributed by atoms with Crippen LogP contribution in [-0.2, 0) is 4.79 Å². The Morgan fingerprint density at radius 2 is 2.12 bits per heavy atom. The van der Waals surface area contributed by atoms with Crippen molar-refractivity contribution in [2.75, 3.05) is 31.1 Å². The van der Waals surface area contributed by atoms with E-state index in [1.807, 2.05) is 34.9 Å². The summed E-state index contributed by atoms with van der Waals surface area (Å²) in [4.78, 5) is 15.6. The zero-order valence-electron chi connectivity index (χ0n) is 9.89. The molecule has 0 saturated carbocycles. The third-order valence-corrected chi connectivity index (χ3v) is 3.07. The normalized spacial score (nSPS) is 15.9. The number of nitriles is 1. The minimum absolute atomic E-state index is 0.131. The molecule has 1 fully saturated rings. The number of likely N-dealkylation sites (N-methyl/N-ethyl adjacent to an activating group) is 1. The Morgan fingerprint density at radius 1 is 1.35 bits per heavy atom. The monoisotopic (exact) mass is 229 g/mol. The number of carbonyl (C=O) groups is 1. The molecule has 1 amide bonds. The second-order valence-corrected chi connectivity index (χ2v) is 4.02. The quantitative estimate of drug-likeness (QED) is 0.766. The molecule has 4 nitrogen and oxygen atoms in total. The van der Waals surface area contributed by atoms with Gasteiger partial charge in [0.15, 0.2) is 0 Å². The number of nitrogens with zero attached hydrogens (tertiary/aromatic N) is 3. The Hall–Kier alpha value is -2.02. The molecule has 2 rings (SSSR count). The summed E-state index contributed by atoms with van der Waals surface area (Å²) in [6.45, 7) is 4.63. The van der Waals surface area contributed by atoms with Gasteiger partial charge in [0.05, 0.1) is 17.8 Å². The van der Waals surface area contributed by atoms with Crippen LogP contribution in [0.25, 0.3) is 0 Å². The van der Waals surface area contributed by atoms with Crippen LogP contribution in [0.1, 0.15) is 12.5 Å². The molecule has 0 atom stereocenters. The van der Waals surface area contributed by atoms with E-state index in [-0.39, 0.29) is 5.91 Å². The second kappa shape index (κ2) is 4.88. The Balaban J connectivity index is 2.20. The number of hydrogen-bond donors (Lipinski definition) is 0. The predicted octanol–water partition coefficient (Wildman–Crippen LogP) is 1.23. The zero-order chi connectivity index (χ0) is 12.3. The van der Waals surface area contributed by atoms with Gasteiger partial charge in [-0.05, 0) is 19.1 Å². The highest BCUT2D eigenvalue weighted by atomic mass is 16.2. The summed E-state index contributed by atoms with van der Waals surface area (Å²) in [6.07, 6.45) is 0. The number of piperazine rings is 1. The van der Waals surface area contributed by atoms with Crippen molar-refractivity contribution in [3.8, 4) is 6.07 Å². The van der Waals surface area contributed by atoms with E-state index < -0.39 is 0 Å². The van der Waals surface area contributed by atoms with Gasteiger partial charge in [0.25, 0.3) is 0 Å². The molecule has 1 aromatic carbocycles. The van der Waals surface area contributed by atoms with Crippen molar-refractivity contribution in [2.24, 2.45) is 0 Å². The van der Waals surface area contributed by atoms with Crippen molar-refractivity contribution in [1.29, 1.82) is 5.26 Å². The van der Waals surface area contributed by atoms with Gasteiger partial charge >= 0.3 is 0 Å². The van der Waals surface area contributed by atoms with Crippen LogP contribution in [0.4, 0.5) is 5.69 Å². The molecule has 0 bridgehead atoms. The molecule has 0 spiro atoms. The standard InChI is InChI=1S/C13H15N3O/c1-2-15-7-8-16(10-13(15)17)12-6-4-3-5-11(12)9-14/h3-6H,2,7-8,10H2,1H3. The molecule has 0 radical (unpaired) electrons. The van der Waals surface area contributed by atoms with Gasteiger partial charge in [-0.15, -0.1) is 0 Å². The summed E-state index contributed by atoms with van der Waals surface area (Å²) in [5.41, 5.74) is 1.49. The first kappa shape index (κ1) is 11.5. The van der Waals surface area contributed by atoms with Gasteiger partial charge in [0, 0.05) is 19.6 Å². The molecule has 0 aliphatic carbocycles. The number of rotatable bonds is 2. The molecule has 1 saturated heterocycles. The van der Waals surface area contributed by atoms with Crippen LogP contribution < -0.4 is 4.90 Å². The fourth-order valence-electron chi connectivity index (χ4n) is 2.09. The predicted molar refractivity (Wildman–Crippen MR) is 65.6 cm³/mol. The minimum atomic E-state index is 0.131. The van der Waals surface area contributed by atoms with Crippen LogP contribution in [0, 0.1) is 11.3 Å². The molecule has 1 heterocycles. The van der Waals surface area contributed by atoms with E-state index in [1.54, 1.807) is 6.07 Å². The van der Waals surface area contributed by atoms with Crippen LogP contribution >= 0.6 is 0 Å². The van der Waals surface area contributed by atoms with Gasteiger partial charge < -0.3 is 9.80 Å². The highest BCUT2D eigenvalue weighted by molar-refractivity contribution is 5.83. The lowest BCUT2D eigenvalue weighted by molar-refractivity contribution is -0.130. The molecular weight excluding hydrogens is 214 g/mol. The highest BCUT2D eigenvalue weighted by Crippen LogP contribution is 2.21. The first-order valence-corrected chi connectivity index (χ1v) is 5.78. The maximum absolute atomic E-state index is 11.8. The Labute approximate surface area is 101 Å². The maximum Gasteiger partial charge on any atom is 0.242 e. The van der Waals surface area contributed by atoms with Crippen LogP contribution in [0.5, 0.6) is 0 Å². The van der Waals surface area contributed by atoms with Gasteiger partial charge in [-0.1, -0.05) is 12.1 Å². The summed E-state index contributed by atoms with van der Waals surface area (Å²) in [5.74, 6) is 0.131. The fraction of sp³-hybridized carbons (Fsp3) is 0.385. The Morgan fingerprint density at radius 3 is 2.76 bits per heavy atom. The molecule has 1 aromatic rings. The molecule has 88 valence electrons. The van der Waals surface area contributed by atoms with E-state index in [4.69, 9.17) is 5.26 Å². The highest BCUT2D eigenvalue weighted by Gasteiger charge is 2.23. The van der Waals surface area contributed by atoms with E-state index in [1.165, 1.54) is 0 Å². The van der Waals surface area contributed by atoms with Crippen LogP contribution in [0.15, 0.2) is 24.3 Å². The number of benzene rings is 1. The van der Waals surface area contributed by atoms with Gasteiger partial charge in [-0.3, -0.25) is 4.79 Å². The van der Waals surface area contributed by atoms with E-state index in [0.717, 1.165) is 25.3 Å². The lowest BCUT2D eigenvalue weighted by Crippen LogP contribution is -2.50. The Kier molecular flexibility index (Phi) is 3.29.